The lowest BCUT2D eigenvalue weighted by atomic mass is 9.75. The van der Waals surface area contributed by atoms with Crippen molar-refractivity contribution in [1.82, 2.24) is 0 Å². The molecule has 13 heteroatoms. The average Bonchev–Trinajstić information content (AvgIpc) is 2.60. The van der Waals surface area contributed by atoms with E-state index in [1.165, 1.54) is 0 Å². The van der Waals surface area contributed by atoms with E-state index >= 15 is 0 Å². The Balaban J connectivity index is 5.52. The zero-order valence-electron chi connectivity index (χ0n) is 17.8. The maximum absolute atomic E-state index is 11.4. The lowest BCUT2D eigenvalue weighted by molar-refractivity contribution is -0.141. The first kappa shape index (κ1) is 29.2. The number of hydrogen-bond acceptors (Lipinski definition) is 8. The molecule has 184 valence electrons. The summed E-state index contributed by atoms with van der Waals surface area (Å²) in [6.07, 6.45) is -3.16. The van der Waals surface area contributed by atoms with Gasteiger partial charge >= 0.3 is 29.8 Å². The molecule has 0 aromatic rings. The second-order valence-electron chi connectivity index (χ2n) is 8.59. The highest BCUT2D eigenvalue weighted by molar-refractivity contribution is 5.70. The number of aliphatic carboxylic acids is 5. The van der Waals surface area contributed by atoms with Crippen molar-refractivity contribution in [3.05, 3.63) is 0 Å². The zero-order valence-corrected chi connectivity index (χ0v) is 17.8. The molecule has 0 aromatic carbocycles. The molecule has 0 spiro atoms. The largest absolute Gasteiger partial charge is 0.481 e. The highest BCUT2D eigenvalue weighted by Gasteiger charge is 2.38. The minimum absolute atomic E-state index is 0.0925. The Morgan fingerprint density at radius 1 is 0.438 bits per heavy atom. The van der Waals surface area contributed by atoms with Crippen LogP contribution in [-0.2, 0) is 24.0 Å². The van der Waals surface area contributed by atoms with E-state index in [1.54, 1.807) is 0 Å². The fourth-order valence-corrected chi connectivity index (χ4v) is 3.52. The quantitative estimate of drug-likeness (QED) is 0.131. The van der Waals surface area contributed by atoms with E-state index in [4.69, 9.17) is 37.6 Å². The fraction of sp³-hybridized carbons (Fsp3) is 0.737. The number of nitrogens with two attached hydrogens (primary N) is 3. The van der Waals surface area contributed by atoms with Gasteiger partial charge in [-0.25, -0.2) is 0 Å². The van der Waals surface area contributed by atoms with Gasteiger partial charge in [-0.15, -0.1) is 0 Å². The van der Waals surface area contributed by atoms with E-state index < -0.39 is 65.7 Å². The van der Waals surface area contributed by atoms with Crippen LogP contribution < -0.4 is 17.2 Å². The second kappa shape index (κ2) is 12.3. The van der Waals surface area contributed by atoms with Gasteiger partial charge in [0, 0.05) is 29.5 Å². The van der Waals surface area contributed by atoms with Gasteiger partial charge in [0.2, 0.25) is 0 Å². The molecule has 13 nitrogen and oxygen atoms in total. The molecule has 0 heterocycles. The topological polar surface area (TPSA) is 265 Å². The van der Waals surface area contributed by atoms with Crippen molar-refractivity contribution in [2.45, 2.75) is 87.2 Å². The smallest absolute Gasteiger partial charge is 0.305 e. The first-order valence-electron chi connectivity index (χ1n) is 9.95. The van der Waals surface area contributed by atoms with Crippen molar-refractivity contribution in [2.75, 3.05) is 0 Å². The van der Waals surface area contributed by atoms with Gasteiger partial charge in [-0.1, -0.05) is 0 Å². The lowest BCUT2D eigenvalue weighted by Gasteiger charge is -2.37. The van der Waals surface area contributed by atoms with Crippen molar-refractivity contribution < 1.29 is 49.5 Å². The highest BCUT2D eigenvalue weighted by atomic mass is 16.4. The van der Waals surface area contributed by atoms with Crippen molar-refractivity contribution in [3.63, 3.8) is 0 Å². The Labute approximate surface area is 184 Å². The van der Waals surface area contributed by atoms with Crippen LogP contribution in [0.5, 0.6) is 0 Å². The number of carbonyl (C=O) groups is 5. The van der Waals surface area contributed by atoms with E-state index in [1.807, 2.05) is 0 Å². The Hall–Kier alpha value is -2.77. The number of carboxylic acids is 5. The predicted octanol–water partition coefficient (Wildman–Crippen LogP) is -0.207. The molecule has 2 atom stereocenters. The molecule has 0 aromatic heterocycles. The Morgan fingerprint density at radius 3 is 0.844 bits per heavy atom. The van der Waals surface area contributed by atoms with Crippen LogP contribution >= 0.6 is 0 Å². The molecule has 0 saturated carbocycles. The van der Waals surface area contributed by atoms with E-state index in [0.29, 0.717) is 0 Å². The second-order valence-corrected chi connectivity index (χ2v) is 8.59. The minimum atomic E-state index is -1.45. The fourth-order valence-electron chi connectivity index (χ4n) is 3.52. The molecular weight excluding hydrogens is 430 g/mol. The van der Waals surface area contributed by atoms with Gasteiger partial charge < -0.3 is 42.7 Å². The molecule has 2 unspecified atom stereocenters. The SMILES string of the molecule is NC(CCC(=O)O)(CCC(N)(CCC(N)(CCC(=O)O)CC(=O)O)CC(=O)O)CC(=O)O. The van der Waals surface area contributed by atoms with Crippen LogP contribution in [0.25, 0.3) is 0 Å². The molecule has 0 rings (SSSR count). The highest BCUT2D eigenvalue weighted by Crippen LogP contribution is 2.32. The summed E-state index contributed by atoms with van der Waals surface area (Å²) in [7, 11) is 0. The molecule has 0 fully saturated rings. The third-order valence-electron chi connectivity index (χ3n) is 5.42. The van der Waals surface area contributed by atoms with Gasteiger partial charge in [0.15, 0.2) is 0 Å². The molecule has 11 N–H and O–H groups in total. The van der Waals surface area contributed by atoms with Crippen LogP contribution in [0.15, 0.2) is 0 Å². The standard InChI is InChI=1S/C19H33N3O10/c20-17(9-14(27)28,3-1-12(23)24)5-7-19(22,11-16(31)32)8-6-18(21,10-15(29)30)4-2-13(25)26/h1-11,20-22H2,(H,23,24)(H,25,26)(H,27,28)(H,29,30)(H,31,32). The number of carboxylic acid groups (broad SMARTS) is 5. The van der Waals surface area contributed by atoms with Crippen LogP contribution in [0.1, 0.15) is 70.6 Å². The lowest BCUT2D eigenvalue weighted by Crippen LogP contribution is -2.50. The predicted molar refractivity (Wildman–Crippen MR) is 110 cm³/mol. The molecule has 0 bridgehead atoms. The molecule has 32 heavy (non-hydrogen) atoms. The summed E-state index contributed by atoms with van der Waals surface area (Å²) >= 11 is 0. The van der Waals surface area contributed by atoms with Gasteiger partial charge in [0.1, 0.15) is 0 Å². The van der Waals surface area contributed by atoms with Crippen molar-refractivity contribution in [2.24, 2.45) is 17.2 Å². The summed E-state index contributed by atoms with van der Waals surface area (Å²) in [6.45, 7) is 0. The third kappa shape index (κ3) is 12.8. The Kier molecular flexibility index (Phi) is 11.2. The summed E-state index contributed by atoms with van der Waals surface area (Å²) in [5.41, 5.74) is 14.1. The summed E-state index contributed by atoms with van der Waals surface area (Å²) in [6, 6.07) is 0. The van der Waals surface area contributed by atoms with Crippen molar-refractivity contribution in [3.8, 4) is 0 Å². The molecule has 0 aliphatic rings. The average molecular weight is 463 g/mol. The van der Waals surface area contributed by atoms with E-state index in [-0.39, 0.29) is 51.4 Å². The maximum Gasteiger partial charge on any atom is 0.305 e. The van der Waals surface area contributed by atoms with Gasteiger partial charge in [-0.2, -0.15) is 0 Å². The van der Waals surface area contributed by atoms with Crippen molar-refractivity contribution in [1.29, 1.82) is 0 Å². The Morgan fingerprint density at radius 2 is 0.656 bits per heavy atom. The van der Waals surface area contributed by atoms with Crippen LogP contribution in [0.4, 0.5) is 0 Å². The Bertz CT molecular complexity index is 665. The molecule has 0 amide bonds. The molecular formula is C19H33N3O10. The first-order valence-corrected chi connectivity index (χ1v) is 9.95. The molecule has 0 aliphatic carbocycles. The van der Waals surface area contributed by atoms with Gasteiger partial charge in [-0.3, -0.25) is 24.0 Å². The molecule has 0 radical (unpaired) electrons. The van der Waals surface area contributed by atoms with Crippen molar-refractivity contribution >= 4 is 29.8 Å². The van der Waals surface area contributed by atoms with E-state index in [0.717, 1.165) is 0 Å². The van der Waals surface area contributed by atoms with Gasteiger partial charge in [-0.05, 0) is 38.5 Å². The van der Waals surface area contributed by atoms with Crippen LogP contribution in [0.2, 0.25) is 0 Å². The zero-order chi connectivity index (χ0) is 25.2. The molecule has 0 aliphatic heterocycles. The maximum atomic E-state index is 11.4. The number of rotatable bonds is 18. The minimum Gasteiger partial charge on any atom is -0.481 e. The summed E-state index contributed by atoms with van der Waals surface area (Å²) < 4.78 is 0. The monoisotopic (exact) mass is 463 g/mol. The summed E-state index contributed by atoms with van der Waals surface area (Å²) in [5, 5.41) is 45.3. The van der Waals surface area contributed by atoms with Crippen LogP contribution in [-0.4, -0.2) is 72.0 Å². The van der Waals surface area contributed by atoms with E-state index in [2.05, 4.69) is 0 Å². The van der Waals surface area contributed by atoms with Gasteiger partial charge in [0.05, 0.1) is 19.3 Å². The third-order valence-corrected chi connectivity index (χ3v) is 5.42. The van der Waals surface area contributed by atoms with Gasteiger partial charge in [0.25, 0.3) is 0 Å². The first-order chi connectivity index (χ1) is 14.5. The van der Waals surface area contributed by atoms with Crippen LogP contribution in [0.3, 0.4) is 0 Å². The van der Waals surface area contributed by atoms with E-state index in [9.17, 15) is 29.1 Å². The normalized spacial score (nSPS) is 16.8. The summed E-state index contributed by atoms with van der Waals surface area (Å²) in [5.74, 6) is -6.11. The number of hydrogen-bond donors (Lipinski definition) is 8. The summed E-state index contributed by atoms with van der Waals surface area (Å²) in [4.78, 5) is 55.5. The molecule has 0 saturated heterocycles. The van der Waals surface area contributed by atoms with Crippen LogP contribution in [0, 0.1) is 0 Å².